The molecule has 7 nitrogen and oxygen atoms in total. The van der Waals surface area contributed by atoms with Crippen LogP contribution in [0.25, 0.3) is 22.6 Å². The highest BCUT2D eigenvalue weighted by molar-refractivity contribution is 7.99. The van der Waals surface area contributed by atoms with E-state index in [-0.39, 0.29) is 11.7 Å². The Balaban J connectivity index is 1.51. The Morgan fingerprint density at radius 3 is 2.53 bits per heavy atom. The molecule has 1 N–H and O–H groups in total. The van der Waals surface area contributed by atoms with E-state index in [1.54, 1.807) is 4.68 Å². The number of carbonyl (C=O) groups is 1. The lowest BCUT2D eigenvalue weighted by molar-refractivity contribution is -0.113. The first-order valence-corrected chi connectivity index (χ1v) is 11.3. The number of aryl methyl sites for hydroxylation is 3. The molecule has 0 unspecified atom stereocenters. The molecule has 1 amide bonds. The standard InChI is InChI=1S/C24H26N6OS/c1-15-9-11-18(12-10-15)22-19(13-29(4)28-22)23-26-27-24(30(23)5)32-14-21(31)25-20-8-6-7-16(2)17(20)3/h6-13H,14H2,1-5H3,(H,25,31). The van der Waals surface area contributed by atoms with E-state index in [0.717, 1.165) is 33.6 Å². The molecule has 0 aliphatic heterocycles. The molecule has 32 heavy (non-hydrogen) atoms. The maximum atomic E-state index is 12.5. The molecule has 0 bridgehead atoms. The fraction of sp³-hybridized carbons (Fsp3) is 0.250. The van der Waals surface area contributed by atoms with Crippen molar-refractivity contribution in [2.45, 2.75) is 25.9 Å². The number of nitrogens with one attached hydrogen (secondary N) is 1. The van der Waals surface area contributed by atoms with E-state index in [0.29, 0.717) is 11.0 Å². The largest absolute Gasteiger partial charge is 0.325 e. The topological polar surface area (TPSA) is 77.6 Å². The molecule has 2 aromatic heterocycles. The third-order valence-electron chi connectivity index (χ3n) is 5.44. The van der Waals surface area contributed by atoms with E-state index in [1.165, 1.54) is 17.3 Å². The Kier molecular flexibility index (Phi) is 6.14. The van der Waals surface area contributed by atoms with Gasteiger partial charge in [-0.3, -0.25) is 9.48 Å². The normalized spacial score (nSPS) is 11.0. The molecule has 4 rings (SSSR count). The number of nitrogens with zero attached hydrogens (tertiary/aromatic N) is 5. The zero-order valence-corrected chi connectivity index (χ0v) is 19.7. The lowest BCUT2D eigenvalue weighted by atomic mass is 10.1. The molecule has 0 aliphatic rings. The molecule has 0 spiro atoms. The van der Waals surface area contributed by atoms with Gasteiger partial charge < -0.3 is 9.88 Å². The third-order valence-corrected chi connectivity index (χ3v) is 6.46. The van der Waals surface area contributed by atoms with Gasteiger partial charge in [-0.25, -0.2) is 0 Å². The summed E-state index contributed by atoms with van der Waals surface area (Å²) in [5.74, 6) is 0.887. The van der Waals surface area contributed by atoms with Crippen LogP contribution in [0.2, 0.25) is 0 Å². The Morgan fingerprint density at radius 2 is 1.78 bits per heavy atom. The molecule has 8 heteroatoms. The second kappa shape index (κ2) is 9.00. The van der Waals surface area contributed by atoms with E-state index in [2.05, 4.69) is 51.8 Å². The minimum atomic E-state index is -0.0741. The number of thioether (sulfide) groups is 1. The Morgan fingerprint density at radius 1 is 1.03 bits per heavy atom. The van der Waals surface area contributed by atoms with E-state index < -0.39 is 0 Å². The summed E-state index contributed by atoms with van der Waals surface area (Å²) in [4.78, 5) is 12.5. The van der Waals surface area contributed by atoms with Crippen molar-refractivity contribution < 1.29 is 4.79 Å². The van der Waals surface area contributed by atoms with Gasteiger partial charge >= 0.3 is 0 Å². The Bertz CT molecular complexity index is 1270. The van der Waals surface area contributed by atoms with Gasteiger partial charge in [-0.05, 0) is 38.0 Å². The van der Waals surface area contributed by atoms with Gasteiger partial charge in [-0.2, -0.15) is 5.10 Å². The number of anilines is 1. The number of amides is 1. The van der Waals surface area contributed by atoms with Gasteiger partial charge in [0.2, 0.25) is 5.91 Å². The predicted octanol–water partition coefficient (Wildman–Crippen LogP) is 4.54. The Hall–Kier alpha value is -3.39. The van der Waals surface area contributed by atoms with Gasteiger partial charge in [0.05, 0.1) is 11.3 Å². The summed E-state index contributed by atoms with van der Waals surface area (Å²) in [7, 11) is 3.80. The second-order valence-corrected chi connectivity index (χ2v) is 8.82. The van der Waals surface area contributed by atoms with E-state index in [4.69, 9.17) is 0 Å². The number of benzene rings is 2. The van der Waals surface area contributed by atoms with Crippen LogP contribution in [0.3, 0.4) is 0 Å². The highest BCUT2D eigenvalue weighted by Gasteiger charge is 2.19. The molecule has 0 fully saturated rings. The molecular weight excluding hydrogens is 420 g/mol. The lowest BCUT2D eigenvalue weighted by Crippen LogP contribution is -2.15. The summed E-state index contributed by atoms with van der Waals surface area (Å²) in [5, 5.41) is 17.0. The maximum absolute atomic E-state index is 12.5. The number of hydrogen-bond acceptors (Lipinski definition) is 5. The summed E-state index contributed by atoms with van der Waals surface area (Å²) < 4.78 is 3.69. The summed E-state index contributed by atoms with van der Waals surface area (Å²) in [6, 6.07) is 14.2. The zero-order chi connectivity index (χ0) is 22.8. The summed E-state index contributed by atoms with van der Waals surface area (Å²) in [6.45, 7) is 6.10. The van der Waals surface area contributed by atoms with Crippen LogP contribution in [-0.2, 0) is 18.9 Å². The van der Waals surface area contributed by atoms with Gasteiger partial charge in [0, 0.05) is 31.5 Å². The number of carbonyl (C=O) groups excluding carboxylic acids is 1. The van der Waals surface area contributed by atoms with Crippen molar-refractivity contribution in [2.24, 2.45) is 14.1 Å². The van der Waals surface area contributed by atoms with Crippen molar-refractivity contribution in [1.82, 2.24) is 24.5 Å². The molecular formula is C24H26N6OS. The molecule has 0 saturated carbocycles. The van der Waals surface area contributed by atoms with Crippen LogP contribution in [-0.4, -0.2) is 36.2 Å². The van der Waals surface area contributed by atoms with Crippen LogP contribution < -0.4 is 5.32 Å². The van der Waals surface area contributed by atoms with E-state index in [9.17, 15) is 4.79 Å². The summed E-state index contributed by atoms with van der Waals surface area (Å²) in [6.07, 6.45) is 1.95. The highest BCUT2D eigenvalue weighted by atomic mass is 32.2. The minimum Gasteiger partial charge on any atom is -0.325 e. The van der Waals surface area contributed by atoms with Gasteiger partial charge in [-0.15, -0.1) is 10.2 Å². The van der Waals surface area contributed by atoms with Crippen molar-refractivity contribution in [3.63, 3.8) is 0 Å². The van der Waals surface area contributed by atoms with Crippen molar-refractivity contribution in [1.29, 1.82) is 0 Å². The van der Waals surface area contributed by atoms with Gasteiger partial charge in [0.1, 0.15) is 5.69 Å². The average molecular weight is 447 g/mol. The van der Waals surface area contributed by atoms with E-state index in [1.807, 2.05) is 56.9 Å². The molecule has 0 aliphatic carbocycles. The first-order valence-electron chi connectivity index (χ1n) is 10.3. The number of hydrogen-bond donors (Lipinski definition) is 1. The zero-order valence-electron chi connectivity index (χ0n) is 18.9. The van der Waals surface area contributed by atoms with Crippen LogP contribution in [0.5, 0.6) is 0 Å². The van der Waals surface area contributed by atoms with Gasteiger partial charge in [-0.1, -0.05) is 53.7 Å². The Labute approximate surface area is 191 Å². The summed E-state index contributed by atoms with van der Waals surface area (Å²) >= 11 is 1.36. The maximum Gasteiger partial charge on any atom is 0.234 e. The van der Waals surface area contributed by atoms with Crippen molar-refractivity contribution in [3.05, 3.63) is 65.4 Å². The second-order valence-electron chi connectivity index (χ2n) is 7.88. The fourth-order valence-electron chi connectivity index (χ4n) is 3.45. The molecule has 2 aromatic carbocycles. The smallest absolute Gasteiger partial charge is 0.234 e. The van der Waals surface area contributed by atoms with Crippen molar-refractivity contribution in [2.75, 3.05) is 11.1 Å². The first kappa shape index (κ1) is 21.8. The molecule has 4 aromatic rings. The molecule has 2 heterocycles. The SMILES string of the molecule is Cc1ccc(-c2nn(C)cc2-c2nnc(SCC(=O)Nc3cccc(C)c3C)n2C)cc1. The van der Waals surface area contributed by atoms with Crippen molar-refractivity contribution in [3.8, 4) is 22.6 Å². The third kappa shape index (κ3) is 4.45. The number of rotatable bonds is 6. The monoisotopic (exact) mass is 446 g/mol. The van der Waals surface area contributed by atoms with Crippen LogP contribution in [0.15, 0.2) is 53.8 Å². The predicted molar refractivity (Wildman–Crippen MR) is 129 cm³/mol. The molecule has 164 valence electrons. The van der Waals surface area contributed by atoms with Crippen LogP contribution in [0, 0.1) is 20.8 Å². The minimum absolute atomic E-state index is 0.0741. The quantitative estimate of drug-likeness (QED) is 0.440. The molecule has 0 saturated heterocycles. The van der Waals surface area contributed by atoms with Crippen molar-refractivity contribution >= 4 is 23.4 Å². The van der Waals surface area contributed by atoms with Gasteiger partial charge in [0.15, 0.2) is 11.0 Å². The van der Waals surface area contributed by atoms with E-state index >= 15 is 0 Å². The summed E-state index contributed by atoms with van der Waals surface area (Å²) in [5.41, 5.74) is 7.04. The molecule has 0 radical (unpaired) electrons. The fourth-order valence-corrected chi connectivity index (χ4v) is 4.17. The lowest BCUT2D eigenvalue weighted by Gasteiger charge is -2.10. The highest BCUT2D eigenvalue weighted by Crippen LogP contribution is 2.31. The van der Waals surface area contributed by atoms with Gasteiger partial charge in [0.25, 0.3) is 0 Å². The average Bonchev–Trinajstić information content (AvgIpc) is 3.32. The number of aromatic nitrogens is 5. The van der Waals surface area contributed by atoms with Crippen LogP contribution in [0.1, 0.15) is 16.7 Å². The first-order chi connectivity index (χ1) is 15.3. The molecule has 0 atom stereocenters. The van der Waals surface area contributed by atoms with Crippen LogP contribution in [0.4, 0.5) is 5.69 Å². The van der Waals surface area contributed by atoms with Crippen LogP contribution >= 0.6 is 11.8 Å².